The van der Waals surface area contributed by atoms with E-state index in [4.69, 9.17) is 0 Å². The Morgan fingerprint density at radius 1 is 1.00 bits per heavy atom. The molecule has 1 aromatic carbocycles. The van der Waals surface area contributed by atoms with E-state index in [0.717, 1.165) is 38.8 Å². The van der Waals surface area contributed by atoms with E-state index in [-0.39, 0.29) is 11.8 Å². The van der Waals surface area contributed by atoms with Gasteiger partial charge in [0, 0.05) is 13.1 Å². The second-order valence-corrected chi connectivity index (χ2v) is 6.43. The van der Waals surface area contributed by atoms with Crippen LogP contribution in [0.2, 0.25) is 0 Å². The van der Waals surface area contributed by atoms with Crippen LogP contribution in [0.1, 0.15) is 58.5 Å². The summed E-state index contributed by atoms with van der Waals surface area (Å²) in [7, 11) is 1.56. The number of benzene rings is 1. The van der Waals surface area contributed by atoms with Gasteiger partial charge in [-0.25, -0.2) is 0 Å². The second kappa shape index (κ2) is 5.84. The fraction of sp³-hybridized carbons (Fsp3) is 0.556. The number of rotatable bonds is 5. The number of carbonyl (C=O) groups excluding carboxylic acids is 2. The molecule has 0 fully saturated rings. The van der Waals surface area contributed by atoms with Gasteiger partial charge in [0.05, 0.1) is 11.1 Å². The van der Waals surface area contributed by atoms with Crippen molar-refractivity contribution >= 4 is 11.8 Å². The van der Waals surface area contributed by atoms with Crippen molar-refractivity contribution in [1.29, 1.82) is 0 Å². The van der Waals surface area contributed by atoms with Crippen LogP contribution in [0.4, 0.5) is 0 Å². The zero-order valence-electron chi connectivity index (χ0n) is 13.7. The molecule has 2 aliphatic rings. The molecule has 1 heterocycles. The Labute approximate surface area is 132 Å². The van der Waals surface area contributed by atoms with Crippen molar-refractivity contribution in [2.45, 2.75) is 45.6 Å². The fourth-order valence-corrected chi connectivity index (χ4v) is 3.77. The Hall–Kier alpha value is -1.68. The second-order valence-electron chi connectivity index (χ2n) is 6.43. The van der Waals surface area contributed by atoms with Crippen LogP contribution in [0.25, 0.3) is 0 Å². The molecule has 0 saturated heterocycles. The summed E-state index contributed by atoms with van der Waals surface area (Å²) < 4.78 is 0. The number of nitrogens with zero attached hydrogens (tertiary/aromatic N) is 2. The molecule has 3 rings (SSSR count). The lowest BCUT2D eigenvalue weighted by Crippen LogP contribution is -2.37. The summed E-state index contributed by atoms with van der Waals surface area (Å²) in [4.78, 5) is 28.0. The molecule has 1 aromatic rings. The molecule has 2 amide bonds. The summed E-state index contributed by atoms with van der Waals surface area (Å²) in [6.07, 6.45) is 4.30. The molecular weight excluding hydrogens is 276 g/mol. The lowest BCUT2D eigenvalue weighted by Gasteiger charge is -2.27. The molecule has 0 saturated carbocycles. The van der Waals surface area contributed by atoms with E-state index in [1.54, 1.807) is 7.05 Å². The van der Waals surface area contributed by atoms with E-state index in [2.05, 4.69) is 18.7 Å². The third-order valence-corrected chi connectivity index (χ3v) is 4.86. The maximum atomic E-state index is 12.1. The highest BCUT2D eigenvalue weighted by atomic mass is 16.2. The Morgan fingerprint density at radius 3 is 1.86 bits per heavy atom. The molecule has 0 bridgehead atoms. The molecule has 4 nitrogen and oxygen atoms in total. The number of hydrogen-bond donors (Lipinski definition) is 0. The van der Waals surface area contributed by atoms with Crippen LogP contribution in [0.5, 0.6) is 0 Å². The number of imide groups is 1. The first-order valence-electron chi connectivity index (χ1n) is 8.29. The van der Waals surface area contributed by atoms with Crippen LogP contribution in [-0.2, 0) is 12.8 Å². The van der Waals surface area contributed by atoms with Crippen LogP contribution in [-0.4, -0.2) is 47.8 Å². The minimum atomic E-state index is -0.162. The average Bonchev–Trinajstić information content (AvgIpc) is 3.01. The van der Waals surface area contributed by atoms with Crippen molar-refractivity contribution in [3.8, 4) is 0 Å². The highest BCUT2D eigenvalue weighted by Gasteiger charge is 2.36. The van der Waals surface area contributed by atoms with E-state index in [9.17, 15) is 9.59 Å². The monoisotopic (exact) mass is 300 g/mol. The largest absolute Gasteiger partial charge is 0.300 e. The minimum absolute atomic E-state index is 0.162. The van der Waals surface area contributed by atoms with Gasteiger partial charge >= 0.3 is 0 Å². The zero-order valence-corrected chi connectivity index (χ0v) is 13.7. The summed E-state index contributed by atoms with van der Waals surface area (Å²) in [5.74, 6) is -0.324. The van der Waals surface area contributed by atoms with Gasteiger partial charge in [0.15, 0.2) is 0 Å². The van der Waals surface area contributed by atoms with Crippen molar-refractivity contribution in [3.63, 3.8) is 0 Å². The van der Waals surface area contributed by atoms with Gasteiger partial charge in [0.2, 0.25) is 0 Å². The summed E-state index contributed by atoms with van der Waals surface area (Å²) in [6.45, 7) is 6.67. The van der Waals surface area contributed by atoms with Crippen LogP contribution in [0, 0.1) is 0 Å². The van der Waals surface area contributed by atoms with E-state index in [0.29, 0.717) is 17.2 Å². The highest BCUT2D eigenvalue weighted by Crippen LogP contribution is 2.32. The van der Waals surface area contributed by atoms with E-state index in [1.807, 2.05) is 12.1 Å². The maximum absolute atomic E-state index is 12.1. The minimum Gasteiger partial charge on any atom is -0.300 e. The molecule has 0 aromatic heterocycles. The molecule has 22 heavy (non-hydrogen) atoms. The Bertz CT molecular complexity index is 573. The van der Waals surface area contributed by atoms with Gasteiger partial charge in [0.1, 0.15) is 0 Å². The van der Waals surface area contributed by atoms with Gasteiger partial charge in [0.25, 0.3) is 11.8 Å². The molecule has 0 unspecified atom stereocenters. The first kappa shape index (κ1) is 15.2. The first-order chi connectivity index (χ1) is 10.6. The molecule has 118 valence electrons. The predicted molar refractivity (Wildman–Crippen MR) is 86.2 cm³/mol. The van der Waals surface area contributed by atoms with Crippen LogP contribution < -0.4 is 0 Å². The predicted octanol–water partition coefficient (Wildman–Crippen LogP) is 2.50. The summed E-state index contributed by atoms with van der Waals surface area (Å²) in [5.41, 5.74) is 3.67. The molecule has 0 atom stereocenters. The summed E-state index contributed by atoms with van der Waals surface area (Å²) in [5, 5.41) is 0. The SMILES string of the molecule is CCCN(CCC)C1Cc2cc3c(cc2C1)C(=O)N(C)C3=O. The quantitative estimate of drug-likeness (QED) is 0.785. The Balaban J connectivity index is 1.86. The van der Waals surface area contributed by atoms with Crippen molar-refractivity contribution in [2.75, 3.05) is 20.1 Å². The Kier molecular flexibility index (Phi) is 4.04. The van der Waals surface area contributed by atoms with Crippen molar-refractivity contribution < 1.29 is 9.59 Å². The fourth-order valence-electron chi connectivity index (χ4n) is 3.77. The van der Waals surface area contributed by atoms with Gasteiger partial charge in [-0.1, -0.05) is 13.8 Å². The standard InChI is InChI=1S/C18H24N2O2/c1-4-6-20(7-5-2)14-8-12-10-15-16(11-13(12)9-14)18(22)19(3)17(15)21/h10-11,14H,4-9H2,1-3H3. The molecular formula is C18H24N2O2. The van der Waals surface area contributed by atoms with Crippen LogP contribution in [0.15, 0.2) is 12.1 Å². The highest BCUT2D eigenvalue weighted by molar-refractivity contribution is 6.21. The van der Waals surface area contributed by atoms with E-state index in [1.165, 1.54) is 16.0 Å². The maximum Gasteiger partial charge on any atom is 0.261 e. The molecule has 0 radical (unpaired) electrons. The van der Waals surface area contributed by atoms with Crippen molar-refractivity contribution in [3.05, 3.63) is 34.4 Å². The smallest absolute Gasteiger partial charge is 0.261 e. The third kappa shape index (κ3) is 2.35. The first-order valence-corrected chi connectivity index (χ1v) is 8.29. The lowest BCUT2D eigenvalue weighted by molar-refractivity contribution is 0.0693. The van der Waals surface area contributed by atoms with Gasteiger partial charge in [-0.3, -0.25) is 19.4 Å². The van der Waals surface area contributed by atoms with Gasteiger partial charge in [-0.2, -0.15) is 0 Å². The third-order valence-electron chi connectivity index (χ3n) is 4.86. The van der Waals surface area contributed by atoms with Crippen LogP contribution in [0.3, 0.4) is 0 Å². The van der Waals surface area contributed by atoms with E-state index >= 15 is 0 Å². The van der Waals surface area contributed by atoms with Crippen molar-refractivity contribution in [2.24, 2.45) is 0 Å². The van der Waals surface area contributed by atoms with Gasteiger partial charge in [-0.15, -0.1) is 0 Å². The van der Waals surface area contributed by atoms with Gasteiger partial charge in [-0.05, 0) is 62.0 Å². The molecule has 1 aliphatic carbocycles. The number of carbonyl (C=O) groups is 2. The molecule has 0 N–H and O–H groups in total. The molecule has 1 aliphatic heterocycles. The number of fused-ring (bicyclic) bond motifs is 2. The topological polar surface area (TPSA) is 40.6 Å². The normalized spacial score (nSPS) is 17.5. The number of hydrogen-bond acceptors (Lipinski definition) is 3. The molecule has 4 heteroatoms. The van der Waals surface area contributed by atoms with E-state index < -0.39 is 0 Å². The lowest BCUT2D eigenvalue weighted by atomic mass is 10.0. The Morgan fingerprint density at radius 2 is 1.45 bits per heavy atom. The number of amides is 2. The summed E-state index contributed by atoms with van der Waals surface area (Å²) >= 11 is 0. The van der Waals surface area contributed by atoms with Crippen molar-refractivity contribution in [1.82, 2.24) is 9.80 Å². The zero-order chi connectivity index (χ0) is 15.9. The average molecular weight is 300 g/mol. The summed E-state index contributed by atoms with van der Waals surface area (Å²) in [6, 6.07) is 4.44. The molecule has 0 spiro atoms. The van der Waals surface area contributed by atoms with Gasteiger partial charge < -0.3 is 0 Å². The van der Waals surface area contributed by atoms with Crippen LogP contribution >= 0.6 is 0 Å².